The number of benzene rings is 1. The van der Waals surface area contributed by atoms with Gasteiger partial charge in [-0.2, -0.15) is 0 Å². The fourth-order valence-electron chi connectivity index (χ4n) is 2.51. The molecule has 6 nitrogen and oxygen atoms in total. The monoisotopic (exact) mass is 414 g/mol. The average molecular weight is 415 g/mol. The summed E-state index contributed by atoms with van der Waals surface area (Å²) in [6.07, 6.45) is 3.13. The molecule has 142 valence electrons. The molecule has 3 rings (SSSR count). The number of aryl methyl sites for hydroxylation is 2. The van der Waals surface area contributed by atoms with Crippen LogP contribution in [0.3, 0.4) is 0 Å². The molecule has 1 aromatic carbocycles. The highest BCUT2D eigenvalue weighted by Crippen LogP contribution is 2.27. The Kier molecular flexibility index (Phi) is 5.92. The maximum Gasteiger partial charge on any atom is 0.257 e. The Morgan fingerprint density at radius 3 is 1.54 bits per heavy atom. The van der Waals surface area contributed by atoms with Crippen LogP contribution in [0.2, 0.25) is 10.0 Å². The predicted octanol–water partition coefficient (Wildman–Crippen LogP) is 4.90. The topological polar surface area (TPSA) is 84.0 Å². The number of amides is 2. The molecule has 0 aliphatic carbocycles. The van der Waals surface area contributed by atoms with Crippen molar-refractivity contribution in [3.05, 3.63) is 81.1 Å². The summed E-state index contributed by atoms with van der Waals surface area (Å²) < 4.78 is 0. The Labute approximate surface area is 171 Å². The van der Waals surface area contributed by atoms with Crippen LogP contribution in [-0.2, 0) is 0 Å². The van der Waals surface area contributed by atoms with E-state index in [1.807, 2.05) is 26.0 Å². The van der Waals surface area contributed by atoms with Crippen LogP contribution in [0.1, 0.15) is 31.8 Å². The maximum absolute atomic E-state index is 12.8. The molecule has 0 saturated carbocycles. The predicted molar refractivity (Wildman–Crippen MR) is 110 cm³/mol. The second-order valence-electron chi connectivity index (χ2n) is 6.06. The number of halogens is 2. The molecule has 0 atom stereocenters. The van der Waals surface area contributed by atoms with Gasteiger partial charge in [-0.15, -0.1) is 0 Å². The lowest BCUT2D eigenvalue weighted by Gasteiger charge is -2.13. The molecule has 2 amide bonds. The fourth-order valence-corrected chi connectivity index (χ4v) is 2.83. The number of rotatable bonds is 4. The van der Waals surface area contributed by atoms with E-state index in [2.05, 4.69) is 20.6 Å². The minimum atomic E-state index is -0.525. The summed E-state index contributed by atoms with van der Waals surface area (Å²) in [5, 5.41) is 5.72. The number of pyridine rings is 2. The molecule has 0 saturated heterocycles. The first-order chi connectivity index (χ1) is 13.4. The lowest BCUT2D eigenvalue weighted by atomic mass is 10.1. The highest BCUT2D eigenvalue weighted by molar-refractivity contribution is 6.42. The van der Waals surface area contributed by atoms with E-state index >= 15 is 0 Å². The van der Waals surface area contributed by atoms with Crippen LogP contribution in [0, 0.1) is 13.8 Å². The van der Waals surface area contributed by atoms with Crippen molar-refractivity contribution in [3.63, 3.8) is 0 Å². The molecule has 8 heteroatoms. The molecular weight excluding hydrogens is 399 g/mol. The lowest BCUT2D eigenvalue weighted by molar-refractivity contribution is 0.0990. The molecule has 0 radical (unpaired) electrons. The van der Waals surface area contributed by atoms with Crippen molar-refractivity contribution in [2.45, 2.75) is 13.8 Å². The Morgan fingerprint density at radius 2 is 1.18 bits per heavy atom. The minimum Gasteiger partial charge on any atom is -0.306 e. The van der Waals surface area contributed by atoms with E-state index < -0.39 is 11.8 Å². The number of nitrogens with one attached hydrogen (secondary N) is 2. The molecule has 0 aliphatic rings. The Morgan fingerprint density at radius 1 is 0.786 bits per heavy atom. The van der Waals surface area contributed by atoms with Crippen LogP contribution >= 0.6 is 23.2 Å². The zero-order valence-electron chi connectivity index (χ0n) is 15.1. The van der Waals surface area contributed by atoms with Gasteiger partial charge in [0.25, 0.3) is 11.8 Å². The van der Waals surface area contributed by atoms with Crippen molar-refractivity contribution < 1.29 is 9.59 Å². The average Bonchev–Trinajstić information content (AvgIpc) is 2.67. The summed E-state index contributed by atoms with van der Waals surface area (Å²) in [5.41, 5.74) is 1.72. The van der Waals surface area contributed by atoms with E-state index in [9.17, 15) is 9.59 Å². The number of hydrogen-bond acceptors (Lipinski definition) is 4. The van der Waals surface area contributed by atoms with Crippen molar-refractivity contribution in [1.82, 2.24) is 9.97 Å². The molecule has 3 aromatic rings. The van der Waals surface area contributed by atoms with Gasteiger partial charge in [0.15, 0.2) is 0 Å². The third-order valence-electron chi connectivity index (χ3n) is 4.03. The summed E-state index contributed by atoms with van der Waals surface area (Å²) in [5.74, 6) is -0.262. The number of carbonyl (C=O) groups is 2. The van der Waals surface area contributed by atoms with E-state index in [0.717, 1.165) is 11.1 Å². The number of carbonyl (C=O) groups excluding carboxylic acids is 2. The van der Waals surface area contributed by atoms with E-state index in [0.29, 0.717) is 11.6 Å². The molecule has 0 spiro atoms. The highest BCUT2D eigenvalue weighted by Gasteiger charge is 2.21. The van der Waals surface area contributed by atoms with Crippen molar-refractivity contribution in [2.75, 3.05) is 10.6 Å². The standard InChI is InChI=1S/C20H16Cl2N4O2/c1-11-5-3-7-23-17(11)25-19(27)13-9-15(21)16(22)10-14(13)20(28)26-18-12(2)6-4-8-24-18/h3-10H,1-2H3,(H,23,25,27)(H,24,26,28). The lowest BCUT2D eigenvalue weighted by Crippen LogP contribution is -2.21. The van der Waals surface area contributed by atoms with E-state index in [4.69, 9.17) is 23.2 Å². The number of anilines is 2. The molecule has 2 N–H and O–H groups in total. The van der Waals surface area contributed by atoms with Crippen LogP contribution in [0.4, 0.5) is 11.6 Å². The summed E-state index contributed by atoms with van der Waals surface area (Å²) in [6, 6.07) is 9.87. The summed E-state index contributed by atoms with van der Waals surface area (Å²) >= 11 is 12.2. The molecular formula is C20H16Cl2N4O2. The van der Waals surface area contributed by atoms with Gasteiger partial charge >= 0.3 is 0 Å². The quantitative estimate of drug-likeness (QED) is 0.635. The van der Waals surface area contributed by atoms with Gasteiger partial charge in [0.2, 0.25) is 0 Å². The van der Waals surface area contributed by atoms with Gasteiger partial charge in [-0.3, -0.25) is 9.59 Å². The Hall–Kier alpha value is -2.96. The smallest absolute Gasteiger partial charge is 0.257 e. The first-order valence-electron chi connectivity index (χ1n) is 8.32. The van der Waals surface area contributed by atoms with Gasteiger partial charge in [0, 0.05) is 12.4 Å². The SMILES string of the molecule is Cc1cccnc1NC(=O)c1cc(Cl)c(Cl)cc1C(=O)Nc1ncccc1C. The normalized spacial score (nSPS) is 10.4. The first kappa shape index (κ1) is 19.8. The van der Waals surface area contributed by atoms with Gasteiger partial charge in [-0.25, -0.2) is 9.97 Å². The van der Waals surface area contributed by atoms with Crippen molar-refractivity contribution in [3.8, 4) is 0 Å². The minimum absolute atomic E-state index is 0.0746. The van der Waals surface area contributed by atoms with Gasteiger partial charge in [0.05, 0.1) is 21.2 Å². The molecule has 0 bridgehead atoms. The summed E-state index contributed by atoms with van der Waals surface area (Å²) in [7, 11) is 0. The van der Waals surface area contributed by atoms with Gasteiger partial charge < -0.3 is 10.6 Å². The van der Waals surface area contributed by atoms with Crippen molar-refractivity contribution in [2.24, 2.45) is 0 Å². The molecule has 0 unspecified atom stereocenters. The van der Waals surface area contributed by atoms with Crippen LogP contribution in [-0.4, -0.2) is 21.8 Å². The number of nitrogens with zero attached hydrogens (tertiary/aromatic N) is 2. The van der Waals surface area contributed by atoms with Crippen LogP contribution in [0.15, 0.2) is 48.8 Å². The van der Waals surface area contributed by atoms with Crippen molar-refractivity contribution in [1.29, 1.82) is 0 Å². The van der Waals surface area contributed by atoms with Gasteiger partial charge in [0.1, 0.15) is 11.6 Å². The van der Waals surface area contributed by atoms with Crippen LogP contribution < -0.4 is 10.6 Å². The van der Waals surface area contributed by atoms with E-state index in [1.54, 1.807) is 24.5 Å². The summed E-state index contributed by atoms with van der Waals surface area (Å²) in [4.78, 5) is 33.9. The Bertz CT molecular complexity index is 985. The molecule has 0 aliphatic heterocycles. The van der Waals surface area contributed by atoms with Gasteiger partial charge in [-0.05, 0) is 49.2 Å². The van der Waals surface area contributed by atoms with Gasteiger partial charge in [-0.1, -0.05) is 35.3 Å². The maximum atomic E-state index is 12.8. The van der Waals surface area contributed by atoms with E-state index in [1.165, 1.54) is 12.1 Å². The number of aromatic nitrogens is 2. The van der Waals surface area contributed by atoms with Crippen LogP contribution in [0.5, 0.6) is 0 Å². The molecule has 2 aromatic heterocycles. The molecule has 0 fully saturated rings. The largest absolute Gasteiger partial charge is 0.306 e. The molecule has 28 heavy (non-hydrogen) atoms. The summed E-state index contributed by atoms with van der Waals surface area (Å²) in [6.45, 7) is 3.63. The zero-order valence-corrected chi connectivity index (χ0v) is 16.6. The second kappa shape index (κ2) is 8.37. The zero-order chi connectivity index (χ0) is 20.3. The van der Waals surface area contributed by atoms with Crippen molar-refractivity contribution >= 4 is 46.7 Å². The van der Waals surface area contributed by atoms with Crippen LogP contribution in [0.25, 0.3) is 0 Å². The Balaban J connectivity index is 1.96. The third-order valence-corrected chi connectivity index (χ3v) is 4.75. The second-order valence-corrected chi connectivity index (χ2v) is 6.87. The number of hydrogen-bond donors (Lipinski definition) is 2. The highest BCUT2D eigenvalue weighted by atomic mass is 35.5. The molecule has 2 heterocycles. The third kappa shape index (κ3) is 4.30. The fraction of sp³-hybridized carbons (Fsp3) is 0.100. The van der Waals surface area contributed by atoms with E-state index in [-0.39, 0.29) is 21.2 Å². The first-order valence-corrected chi connectivity index (χ1v) is 9.07.